The number of piperidine rings is 1. The topological polar surface area (TPSA) is 24.5 Å². The monoisotopic (exact) mass is 294 g/mol. The molecule has 1 aliphatic carbocycles. The van der Waals surface area contributed by atoms with Crippen LogP contribution in [0, 0.1) is 5.92 Å². The summed E-state index contributed by atoms with van der Waals surface area (Å²) >= 11 is 6.21. The molecule has 4 heteroatoms. The molecule has 2 aliphatic rings. The molecule has 0 radical (unpaired) electrons. The van der Waals surface area contributed by atoms with Gasteiger partial charge < -0.3 is 15.0 Å². The quantitative estimate of drug-likeness (QED) is 0.816. The molecule has 1 aromatic rings. The lowest BCUT2D eigenvalue weighted by Crippen LogP contribution is -2.33. The van der Waals surface area contributed by atoms with Crippen molar-refractivity contribution in [1.29, 1.82) is 0 Å². The molecule has 2 atom stereocenters. The van der Waals surface area contributed by atoms with Gasteiger partial charge in [-0.3, -0.25) is 0 Å². The smallest absolute Gasteiger partial charge is 0.0587 e. The molecule has 1 aromatic carbocycles. The Labute approximate surface area is 126 Å². The van der Waals surface area contributed by atoms with Crippen LogP contribution in [0.5, 0.6) is 0 Å². The largest absolute Gasteiger partial charge is 0.383 e. The van der Waals surface area contributed by atoms with E-state index in [1.54, 1.807) is 7.11 Å². The molecule has 0 aromatic heterocycles. The summed E-state index contributed by atoms with van der Waals surface area (Å²) in [5, 5.41) is 4.27. The molecular weight excluding hydrogens is 272 g/mol. The molecule has 3 rings (SSSR count). The molecule has 1 heterocycles. The normalized spacial score (nSPS) is 24.6. The lowest BCUT2D eigenvalue weighted by molar-refractivity contribution is 0.199. The molecule has 3 nitrogen and oxygen atoms in total. The number of ether oxygens (including phenoxy) is 1. The molecule has 1 N–H and O–H groups in total. The van der Waals surface area contributed by atoms with Crippen LogP contribution in [0.1, 0.15) is 24.8 Å². The van der Waals surface area contributed by atoms with E-state index < -0.39 is 0 Å². The molecule has 2 bridgehead atoms. The summed E-state index contributed by atoms with van der Waals surface area (Å²) < 4.78 is 5.08. The molecule has 20 heavy (non-hydrogen) atoms. The fraction of sp³-hybridized carbons (Fsp3) is 0.625. The Morgan fingerprint density at radius 3 is 3.00 bits per heavy atom. The molecule has 2 fully saturated rings. The fourth-order valence-corrected chi connectivity index (χ4v) is 3.74. The second-order valence-corrected chi connectivity index (χ2v) is 6.36. The highest BCUT2D eigenvalue weighted by molar-refractivity contribution is 6.30. The zero-order valence-corrected chi connectivity index (χ0v) is 12.8. The first-order valence-electron chi connectivity index (χ1n) is 7.52. The fourth-order valence-electron chi connectivity index (χ4n) is 3.57. The van der Waals surface area contributed by atoms with Crippen LogP contribution < -0.4 is 10.2 Å². The van der Waals surface area contributed by atoms with Crippen molar-refractivity contribution in [2.75, 3.05) is 31.7 Å². The van der Waals surface area contributed by atoms with Crippen molar-refractivity contribution >= 4 is 17.3 Å². The summed E-state index contributed by atoms with van der Waals surface area (Å²) in [7, 11) is 1.73. The van der Waals surface area contributed by atoms with Gasteiger partial charge in [0.25, 0.3) is 0 Å². The molecule has 1 saturated carbocycles. The van der Waals surface area contributed by atoms with Crippen molar-refractivity contribution in [2.24, 2.45) is 5.92 Å². The van der Waals surface area contributed by atoms with Crippen molar-refractivity contribution in [2.45, 2.75) is 31.8 Å². The minimum atomic E-state index is 0.733. The molecule has 1 saturated heterocycles. The molecule has 2 unspecified atom stereocenters. The second kappa shape index (κ2) is 6.33. The number of nitrogens with one attached hydrogen (secondary N) is 1. The van der Waals surface area contributed by atoms with Gasteiger partial charge in [-0.15, -0.1) is 0 Å². The van der Waals surface area contributed by atoms with E-state index in [0.717, 1.165) is 36.7 Å². The minimum Gasteiger partial charge on any atom is -0.383 e. The number of rotatable bonds is 6. The van der Waals surface area contributed by atoms with Crippen LogP contribution in [0.25, 0.3) is 0 Å². The summed E-state index contributed by atoms with van der Waals surface area (Å²) in [6, 6.07) is 7.02. The van der Waals surface area contributed by atoms with Gasteiger partial charge in [0.1, 0.15) is 0 Å². The van der Waals surface area contributed by atoms with Crippen LogP contribution in [-0.2, 0) is 11.3 Å². The van der Waals surface area contributed by atoms with Gasteiger partial charge >= 0.3 is 0 Å². The highest BCUT2D eigenvalue weighted by Crippen LogP contribution is 2.41. The molecule has 1 aliphatic heterocycles. The van der Waals surface area contributed by atoms with Crippen LogP contribution in [-0.4, -0.2) is 32.8 Å². The number of anilines is 1. The van der Waals surface area contributed by atoms with Gasteiger partial charge in [-0.1, -0.05) is 17.7 Å². The highest BCUT2D eigenvalue weighted by Gasteiger charge is 2.38. The number of halogens is 1. The third-order valence-electron chi connectivity index (χ3n) is 4.56. The third-order valence-corrected chi connectivity index (χ3v) is 4.80. The lowest BCUT2D eigenvalue weighted by Gasteiger charge is -2.31. The third kappa shape index (κ3) is 2.95. The van der Waals surface area contributed by atoms with E-state index in [4.69, 9.17) is 16.3 Å². The van der Waals surface area contributed by atoms with Gasteiger partial charge in [0.2, 0.25) is 0 Å². The van der Waals surface area contributed by atoms with Gasteiger partial charge in [0.15, 0.2) is 0 Å². The molecular formula is C16H23ClN2O. The van der Waals surface area contributed by atoms with Crippen LogP contribution in [0.4, 0.5) is 5.69 Å². The maximum Gasteiger partial charge on any atom is 0.0587 e. The van der Waals surface area contributed by atoms with Crippen LogP contribution >= 0.6 is 11.6 Å². The number of methoxy groups -OCH3 is 1. The number of fused-ring (bicyclic) bond motifs is 2. The van der Waals surface area contributed by atoms with E-state index in [9.17, 15) is 0 Å². The van der Waals surface area contributed by atoms with Crippen molar-refractivity contribution < 1.29 is 4.74 Å². The Kier molecular flexibility index (Phi) is 4.49. The lowest BCUT2D eigenvalue weighted by atomic mass is 10.1. The zero-order valence-electron chi connectivity index (χ0n) is 12.1. The first-order chi connectivity index (χ1) is 9.78. The Morgan fingerprint density at radius 2 is 2.30 bits per heavy atom. The Hall–Kier alpha value is -0.770. The Bertz CT molecular complexity index is 466. The molecule has 0 amide bonds. The maximum atomic E-state index is 6.21. The minimum absolute atomic E-state index is 0.733. The van der Waals surface area contributed by atoms with E-state index >= 15 is 0 Å². The SMILES string of the molecule is COCCNCc1ccc(Cl)cc1N1CC2CCC1C2. The maximum absolute atomic E-state index is 6.21. The standard InChI is InChI=1S/C16H23ClN2O/c1-20-7-6-18-10-13-3-4-14(17)9-16(13)19-11-12-2-5-15(19)8-12/h3-4,9,12,15,18H,2,5-8,10-11H2,1H3. The first-order valence-corrected chi connectivity index (χ1v) is 7.90. The van der Waals surface area contributed by atoms with Crippen molar-refractivity contribution in [3.8, 4) is 0 Å². The van der Waals surface area contributed by atoms with Gasteiger partial charge in [0.05, 0.1) is 6.61 Å². The predicted molar refractivity (Wildman–Crippen MR) is 83.5 cm³/mol. The predicted octanol–water partition coefficient (Wildman–Crippen LogP) is 3.06. The average molecular weight is 295 g/mol. The van der Waals surface area contributed by atoms with Gasteiger partial charge in [0, 0.05) is 43.5 Å². The summed E-state index contributed by atoms with van der Waals surface area (Å²) in [5.41, 5.74) is 2.67. The average Bonchev–Trinajstić information content (AvgIpc) is 3.07. The van der Waals surface area contributed by atoms with Crippen LogP contribution in [0.2, 0.25) is 5.02 Å². The zero-order chi connectivity index (χ0) is 13.9. The van der Waals surface area contributed by atoms with Gasteiger partial charge in [-0.25, -0.2) is 0 Å². The summed E-state index contributed by atoms with van der Waals surface area (Å²) in [6.07, 6.45) is 4.11. The van der Waals surface area contributed by atoms with E-state index in [-0.39, 0.29) is 0 Å². The molecule has 110 valence electrons. The van der Waals surface area contributed by atoms with Crippen LogP contribution in [0.15, 0.2) is 18.2 Å². The van der Waals surface area contributed by atoms with Crippen molar-refractivity contribution in [1.82, 2.24) is 5.32 Å². The molecule has 0 spiro atoms. The van der Waals surface area contributed by atoms with E-state index in [1.165, 1.54) is 37.1 Å². The van der Waals surface area contributed by atoms with Gasteiger partial charge in [-0.2, -0.15) is 0 Å². The number of hydrogen-bond acceptors (Lipinski definition) is 3. The van der Waals surface area contributed by atoms with Gasteiger partial charge in [-0.05, 0) is 42.9 Å². The van der Waals surface area contributed by atoms with Crippen LogP contribution in [0.3, 0.4) is 0 Å². The summed E-state index contributed by atoms with van der Waals surface area (Å²) in [5.74, 6) is 0.897. The summed E-state index contributed by atoms with van der Waals surface area (Å²) in [4.78, 5) is 2.58. The van der Waals surface area contributed by atoms with Crippen molar-refractivity contribution in [3.05, 3.63) is 28.8 Å². The number of nitrogens with zero attached hydrogens (tertiary/aromatic N) is 1. The summed E-state index contributed by atoms with van der Waals surface area (Å²) in [6.45, 7) is 3.71. The highest BCUT2D eigenvalue weighted by atomic mass is 35.5. The number of benzene rings is 1. The number of hydrogen-bond donors (Lipinski definition) is 1. The second-order valence-electron chi connectivity index (χ2n) is 5.93. The van der Waals surface area contributed by atoms with E-state index in [2.05, 4.69) is 22.3 Å². The van der Waals surface area contributed by atoms with E-state index in [0.29, 0.717) is 0 Å². The first kappa shape index (κ1) is 14.2. The van der Waals surface area contributed by atoms with Crippen molar-refractivity contribution in [3.63, 3.8) is 0 Å². The Morgan fingerprint density at radius 1 is 1.40 bits per heavy atom. The Balaban J connectivity index is 1.73. The van der Waals surface area contributed by atoms with E-state index in [1.807, 2.05) is 6.07 Å².